The number of amides is 3. The number of hydrogen-bond donors (Lipinski definition) is 2. The highest BCUT2D eigenvalue weighted by Crippen LogP contribution is 2.25. The van der Waals surface area contributed by atoms with Gasteiger partial charge in [0.05, 0.1) is 12.2 Å². The Kier molecular flexibility index (Phi) is 6.30. The number of nitrogens with zero attached hydrogens (tertiary/aromatic N) is 1. The summed E-state index contributed by atoms with van der Waals surface area (Å²) in [5.41, 5.74) is 1.88. The molecule has 1 aromatic heterocycles. The lowest BCUT2D eigenvalue weighted by Crippen LogP contribution is -2.43. The molecule has 0 spiro atoms. The highest BCUT2D eigenvalue weighted by Gasteiger charge is 2.29. The Balaban J connectivity index is 1.21. The van der Waals surface area contributed by atoms with E-state index in [9.17, 15) is 14.4 Å². The Morgan fingerprint density at radius 2 is 1.57 bits per heavy atom. The van der Waals surface area contributed by atoms with Gasteiger partial charge in [0.2, 0.25) is 5.91 Å². The fourth-order valence-corrected chi connectivity index (χ4v) is 4.44. The largest absolute Gasteiger partial charge is 0.459 e. The molecule has 0 saturated carbocycles. The van der Waals surface area contributed by atoms with Crippen LogP contribution in [0.2, 0.25) is 0 Å². The predicted octanol–water partition coefficient (Wildman–Crippen LogP) is 5.18. The Morgan fingerprint density at radius 1 is 0.829 bits per heavy atom. The molecule has 35 heavy (non-hydrogen) atoms. The third kappa shape index (κ3) is 4.94. The van der Waals surface area contributed by atoms with Gasteiger partial charge in [-0.05, 0) is 66.1 Å². The lowest BCUT2D eigenvalue weighted by molar-refractivity contribution is -0.121. The fraction of sp³-hybridized carbons (Fsp3) is 0.179. The standard InChI is InChI=1S/C28H25N3O4/c32-26(29-21-12-14-22(15-13-21)30-27(33)25-11-5-17-35-25)20-8-4-16-31(18-20)28(34)24-10-3-7-19-6-1-2-9-23(19)24/h1-3,5-7,9-15,17,20H,4,8,16,18H2,(H,29,32)(H,30,33). The number of nitrogens with one attached hydrogen (secondary N) is 2. The van der Waals surface area contributed by atoms with Gasteiger partial charge >= 0.3 is 0 Å². The second-order valence-corrected chi connectivity index (χ2v) is 8.62. The predicted molar refractivity (Wildman–Crippen MR) is 134 cm³/mol. The molecule has 2 N–H and O–H groups in total. The van der Waals surface area contributed by atoms with Crippen LogP contribution < -0.4 is 10.6 Å². The molecule has 4 aromatic rings. The van der Waals surface area contributed by atoms with Crippen molar-refractivity contribution in [1.29, 1.82) is 0 Å². The van der Waals surface area contributed by atoms with Gasteiger partial charge in [0.15, 0.2) is 5.76 Å². The number of fused-ring (bicyclic) bond motifs is 1. The van der Waals surface area contributed by atoms with E-state index in [1.54, 1.807) is 41.3 Å². The van der Waals surface area contributed by atoms with Crippen molar-refractivity contribution in [2.24, 2.45) is 5.92 Å². The Morgan fingerprint density at radius 3 is 2.34 bits per heavy atom. The van der Waals surface area contributed by atoms with Gasteiger partial charge in [-0.2, -0.15) is 0 Å². The van der Waals surface area contributed by atoms with Crippen LogP contribution in [0, 0.1) is 5.92 Å². The highest BCUT2D eigenvalue weighted by atomic mass is 16.3. The SMILES string of the molecule is O=C(Nc1ccc(NC(=O)C2CCCN(C(=O)c3cccc4ccccc34)C2)cc1)c1ccco1. The van der Waals surface area contributed by atoms with Gasteiger partial charge < -0.3 is 20.0 Å². The average molecular weight is 468 g/mol. The molecule has 3 amide bonds. The molecule has 1 fully saturated rings. The first-order chi connectivity index (χ1) is 17.1. The van der Waals surface area contributed by atoms with Crippen molar-refractivity contribution in [3.8, 4) is 0 Å². The number of rotatable bonds is 5. The van der Waals surface area contributed by atoms with Crippen LogP contribution in [0.1, 0.15) is 33.8 Å². The molecular weight excluding hydrogens is 442 g/mol. The van der Waals surface area contributed by atoms with Gasteiger partial charge in [-0.25, -0.2) is 0 Å². The first-order valence-electron chi connectivity index (χ1n) is 11.6. The lowest BCUT2D eigenvalue weighted by atomic mass is 9.95. The molecule has 7 nitrogen and oxygen atoms in total. The first-order valence-corrected chi connectivity index (χ1v) is 11.6. The highest BCUT2D eigenvalue weighted by molar-refractivity contribution is 6.07. The van der Waals surface area contributed by atoms with E-state index < -0.39 is 0 Å². The fourth-order valence-electron chi connectivity index (χ4n) is 4.44. The normalized spacial score (nSPS) is 15.5. The molecule has 7 heteroatoms. The summed E-state index contributed by atoms with van der Waals surface area (Å²) in [7, 11) is 0. The number of likely N-dealkylation sites (tertiary alicyclic amines) is 1. The van der Waals surface area contributed by atoms with E-state index in [-0.39, 0.29) is 29.4 Å². The molecule has 2 heterocycles. The molecule has 1 aliphatic heterocycles. The van der Waals surface area contributed by atoms with Gasteiger partial charge in [-0.3, -0.25) is 14.4 Å². The van der Waals surface area contributed by atoms with Crippen molar-refractivity contribution >= 4 is 39.9 Å². The molecule has 1 unspecified atom stereocenters. The topological polar surface area (TPSA) is 91.7 Å². The molecule has 0 bridgehead atoms. The maximum atomic E-state index is 13.3. The van der Waals surface area contributed by atoms with Crippen molar-refractivity contribution in [2.75, 3.05) is 23.7 Å². The van der Waals surface area contributed by atoms with E-state index in [1.807, 2.05) is 42.5 Å². The third-order valence-electron chi connectivity index (χ3n) is 6.25. The second-order valence-electron chi connectivity index (χ2n) is 8.62. The van der Waals surface area contributed by atoms with E-state index in [2.05, 4.69) is 10.6 Å². The number of furan rings is 1. The number of piperidine rings is 1. The average Bonchev–Trinajstić information content (AvgIpc) is 3.44. The Hall–Kier alpha value is -4.39. The van der Waals surface area contributed by atoms with Gasteiger partial charge in [-0.1, -0.05) is 36.4 Å². The monoisotopic (exact) mass is 467 g/mol. The van der Waals surface area contributed by atoms with Gasteiger partial charge in [0.25, 0.3) is 11.8 Å². The molecule has 176 valence electrons. The molecule has 1 atom stereocenters. The smallest absolute Gasteiger partial charge is 0.291 e. The summed E-state index contributed by atoms with van der Waals surface area (Å²) in [5, 5.41) is 7.63. The first kappa shape index (κ1) is 22.4. The number of anilines is 2. The van der Waals surface area contributed by atoms with Crippen LogP contribution in [0.25, 0.3) is 10.8 Å². The molecule has 3 aromatic carbocycles. The third-order valence-corrected chi connectivity index (χ3v) is 6.25. The van der Waals surface area contributed by atoms with Gasteiger partial charge in [-0.15, -0.1) is 0 Å². The number of hydrogen-bond acceptors (Lipinski definition) is 4. The summed E-state index contributed by atoms with van der Waals surface area (Å²) in [5.74, 6) is -0.572. The van der Waals surface area contributed by atoms with Crippen LogP contribution in [-0.4, -0.2) is 35.7 Å². The van der Waals surface area contributed by atoms with Crippen LogP contribution in [0.5, 0.6) is 0 Å². The van der Waals surface area contributed by atoms with Crippen molar-refractivity contribution in [1.82, 2.24) is 4.90 Å². The van der Waals surface area contributed by atoms with Gasteiger partial charge in [0, 0.05) is 30.0 Å². The maximum absolute atomic E-state index is 13.3. The molecule has 1 saturated heterocycles. The molecule has 0 radical (unpaired) electrons. The van der Waals surface area contributed by atoms with Crippen molar-refractivity contribution < 1.29 is 18.8 Å². The molecule has 0 aliphatic carbocycles. The van der Waals surface area contributed by atoms with E-state index in [4.69, 9.17) is 4.42 Å². The van der Waals surface area contributed by atoms with Crippen LogP contribution >= 0.6 is 0 Å². The zero-order valence-corrected chi connectivity index (χ0v) is 19.1. The summed E-state index contributed by atoms with van der Waals surface area (Å²) in [4.78, 5) is 40.2. The second kappa shape index (κ2) is 9.85. The molecule has 1 aliphatic rings. The summed E-state index contributed by atoms with van der Waals surface area (Å²) in [6, 6.07) is 23.7. The minimum Gasteiger partial charge on any atom is -0.459 e. The minimum atomic E-state index is -0.343. The summed E-state index contributed by atoms with van der Waals surface area (Å²) in [6.07, 6.45) is 2.93. The minimum absolute atomic E-state index is 0.0454. The lowest BCUT2D eigenvalue weighted by Gasteiger charge is -2.32. The number of carbonyl (C=O) groups is 3. The maximum Gasteiger partial charge on any atom is 0.291 e. The van der Waals surface area contributed by atoms with Crippen molar-refractivity contribution in [2.45, 2.75) is 12.8 Å². The van der Waals surface area contributed by atoms with Crippen LogP contribution in [0.3, 0.4) is 0 Å². The molecule has 5 rings (SSSR count). The van der Waals surface area contributed by atoms with Crippen LogP contribution in [0.4, 0.5) is 11.4 Å². The van der Waals surface area contributed by atoms with Crippen molar-refractivity contribution in [3.05, 3.63) is 96.4 Å². The quantitative estimate of drug-likeness (QED) is 0.423. The summed E-state index contributed by atoms with van der Waals surface area (Å²) < 4.78 is 5.09. The summed E-state index contributed by atoms with van der Waals surface area (Å²) >= 11 is 0. The number of benzene rings is 3. The van der Waals surface area contributed by atoms with Crippen LogP contribution in [0.15, 0.2) is 89.5 Å². The van der Waals surface area contributed by atoms with Gasteiger partial charge in [0.1, 0.15) is 0 Å². The van der Waals surface area contributed by atoms with Crippen molar-refractivity contribution in [3.63, 3.8) is 0 Å². The van der Waals surface area contributed by atoms with E-state index in [0.717, 1.165) is 23.6 Å². The van der Waals surface area contributed by atoms with Crippen LogP contribution in [-0.2, 0) is 4.79 Å². The van der Waals surface area contributed by atoms with E-state index >= 15 is 0 Å². The zero-order chi connectivity index (χ0) is 24.2. The van der Waals surface area contributed by atoms with E-state index in [0.29, 0.717) is 30.0 Å². The number of carbonyl (C=O) groups excluding carboxylic acids is 3. The Labute approximate surface area is 202 Å². The Bertz CT molecular complexity index is 1360. The summed E-state index contributed by atoms with van der Waals surface area (Å²) in [6.45, 7) is 1.01. The zero-order valence-electron chi connectivity index (χ0n) is 19.1. The molecular formula is C28H25N3O4. The van der Waals surface area contributed by atoms with E-state index in [1.165, 1.54) is 6.26 Å².